The first kappa shape index (κ1) is 15.7. The Kier molecular flexibility index (Phi) is 5.04. The molecule has 1 saturated heterocycles. The van der Waals surface area contributed by atoms with E-state index < -0.39 is 15.7 Å². The number of nitrogens with one attached hydrogen (secondary N) is 1. The van der Waals surface area contributed by atoms with Crippen molar-refractivity contribution in [2.45, 2.75) is 12.5 Å². The number of hydrogen-bond donors (Lipinski definition) is 1. The number of benzene rings is 1. The van der Waals surface area contributed by atoms with Gasteiger partial charge in [-0.2, -0.15) is 17.4 Å². The lowest BCUT2D eigenvalue weighted by molar-refractivity contribution is 0.0720. The Morgan fingerprint density at radius 3 is 2.45 bits per heavy atom. The molecule has 1 aliphatic heterocycles. The van der Waals surface area contributed by atoms with Crippen LogP contribution in [0.2, 0.25) is 0 Å². The topological polar surface area (TPSA) is 58.6 Å². The van der Waals surface area contributed by atoms with Gasteiger partial charge in [0.05, 0.1) is 18.8 Å². The summed E-state index contributed by atoms with van der Waals surface area (Å²) in [4.78, 5) is 0. The van der Waals surface area contributed by atoms with Crippen LogP contribution < -0.4 is 4.72 Å². The lowest BCUT2D eigenvalue weighted by Crippen LogP contribution is -2.53. The maximum absolute atomic E-state index is 12.4. The molecule has 0 saturated carbocycles. The Labute approximate surface area is 125 Å². The average Bonchev–Trinajstić information content (AvgIpc) is 2.48. The van der Waals surface area contributed by atoms with Gasteiger partial charge in [0.1, 0.15) is 0 Å². The molecule has 5 nitrogen and oxygen atoms in total. The molecule has 0 spiro atoms. The maximum Gasteiger partial charge on any atom is 0.280 e. The molecule has 1 N–H and O–H groups in total. The molecule has 0 radical (unpaired) electrons. The third kappa shape index (κ3) is 3.51. The first-order chi connectivity index (χ1) is 9.48. The number of alkyl halides is 1. The van der Waals surface area contributed by atoms with E-state index in [1.165, 1.54) is 4.31 Å². The molecule has 1 unspecified atom stereocenters. The molecule has 1 fully saturated rings. The fourth-order valence-corrected chi connectivity index (χ4v) is 3.92. The molecule has 1 aromatic rings. The summed E-state index contributed by atoms with van der Waals surface area (Å²) in [6.45, 7) is 3.35. The van der Waals surface area contributed by atoms with Crippen molar-refractivity contribution in [3.8, 4) is 0 Å². The Bertz CT molecular complexity index is 532. The smallest absolute Gasteiger partial charge is 0.280 e. The maximum atomic E-state index is 12.4. The van der Waals surface area contributed by atoms with Crippen LogP contribution in [0.4, 0.5) is 0 Å². The van der Waals surface area contributed by atoms with Crippen molar-refractivity contribution in [1.82, 2.24) is 9.03 Å². The molecule has 0 amide bonds. The molecule has 112 valence electrons. The van der Waals surface area contributed by atoms with Gasteiger partial charge >= 0.3 is 0 Å². The fourth-order valence-electron chi connectivity index (χ4n) is 2.11. The van der Waals surface area contributed by atoms with E-state index in [0.29, 0.717) is 26.3 Å². The van der Waals surface area contributed by atoms with Gasteiger partial charge in [0.15, 0.2) is 0 Å². The second-order valence-corrected chi connectivity index (χ2v) is 6.89. The summed E-state index contributed by atoms with van der Waals surface area (Å²) in [6.07, 6.45) is 0. The molecule has 0 bridgehead atoms. The van der Waals surface area contributed by atoms with E-state index in [4.69, 9.17) is 16.3 Å². The highest BCUT2D eigenvalue weighted by Crippen LogP contribution is 2.24. The Morgan fingerprint density at radius 2 is 1.90 bits per heavy atom. The molecule has 0 aromatic heterocycles. The van der Waals surface area contributed by atoms with Crippen LogP contribution in [-0.4, -0.2) is 44.9 Å². The van der Waals surface area contributed by atoms with Gasteiger partial charge in [-0.3, -0.25) is 0 Å². The Balaban J connectivity index is 2.20. The summed E-state index contributed by atoms with van der Waals surface area (Å²) in [5, 5.41) is 0. The molecule has 1 aromatic carbocycles. The van der Waals surface area contributed by atoms with Gasteiger partial charge in [0.25, 0.3) is 10.2 Å². The lowest BCUT2D eigenvalue weighted by Gasteiger charge is -2.33. The Morgan fingerprint density at radius 1 is 1.30 bits per heavy atom. The molecular weight excluding hydrogens is 300 g/mol. The van der Waals surface area contributed by atoms with Gasteiger partial charge < -0.3 is 4.74 Å². The SMILES string of the molecule is CC(CCl)(NS(=O)(=O)N1CCOCC1)c1ccccc1. The van der Waals surface area contributed by atoms with Gasteiger partial charge in [-0.05, 0) is 12.5 Å². The van der Waals surface area contributed by atoms with Crippen LogP contribution in [0.3, 0.4) is 0 Å². The summed E-state index contributed by atoms with van der Waals surface area (Å²) in [5.74, 6) is 0.153. The van der Waals surface area contributed by atoms with Crippen LogP contribution in [0.15, 0.2) is 30.3 Å². The summed E-state index contributed by atoms with van der Waals surface area (Å²) in [6, 6.07) is 9.34. The van der Waals surface area contributed by atoms with Gasteiger partial charge in [-0.15, -0.1) is 11.6 Å². The van der Waals surface area contributed by atoms with Crippen molar-refractivity contribution in [2.24, 2.45) is 0 Å². The van der Waals surface area contributed by atoms with Crippen LogP contribution >= 0.6 is 11.6 Å². The van der Waals surface area contributed by atoms with Gasteiger partial charge in [-0.25, -0.2) is 0 Å². The predicted octanol–water partition coefficient (Wildman–Crippen LogP) is 1.31. The number of hydrogen-bond acceptors (Lipinski definition) is 3. The minimum Gasteiger partial charge on any atom is -0.379 e. The normalized spacial score (nSPS) is 20.5. The first-order valence-electron chi connectivity index (χ1n) is 6.46. The standard InChI is InChI=1S/C13H19ClN2O3S/c1-13(11-14,12-5-3-2-4-6-12)15-20(17,18)16-7-9-19-10-8-16/h2-6,15H,7-11H2,1H3. The van der Waals surface area contributed by atoms with E-state index in [2.05, 4.69) is 4.72 Å². The second kappa shape index (κ2) is 6.41. The summed E-state index contributed by atoms with van der Waals surface area (Å²) >= 11 is 6.02. The summed E-state index contributed by atoms with van der Waals surface area (Å²) < 4.78 is 34.2. The second-order valence-electron chi connectivity index (χ2n) is 4.95. The number of ether oxygens (including phenoxy) is 1. The third-order valence-electron chi connectivity index (χ3n) is 3.34. The number of halogens is 1. The van der Waals surface area contributed by atoms with Crippen LogP contribution in [0.25, 0.3) is 0 Å². The van der Waals surface area contributed by atoms with Crippen LogP contribution in [0, 0.1) is 0 Å². The van der Waals surface area contributed by atoms with Crippen molar-refractivity contribution in [3.05, 3.63) is 35.9 Å². The van der Waals surface area contributed by atoms with Crippen molar-refractivity contribution in [2.75, 3.05) is 32.2 Å². The zero-order chi connectivity index (χ0) is 14.6. The van der Waals surface area contributed by atoms with Crippen molar-refractivity contribution >= 4 is 21.8 Å². The molecule has 0 aliphatic carbocycles. The van der Waals surface area contributed by atoms with Crippen molar-refractivity contribution in [3.63, 3.8) is 0 Å². The zero-order valence-electron chi connectivity index (χ0n) is 11.4. The van der Waals surface area contributed by atoms with Gasteiger partial charge in [0, 0.05) is 19.0 Å². The monoisotopic (exact) mass is 318 g/mol. The molecule has 20 heavy (non-hydrogen) atoms. The average molecular weight is 319 g/mol. The largest absolute Gasteiger partial charge is 0.379 e. The quantitative estimate of drug-likeness (QED) is 0.833. The zero-order valence-corrected chi connectivity index (χ0v) is 13.0. The third-order valence-corrected chi connectivity index (χ3v) is 5.63. The van der Waals surface area contributed by atoms with Crippen LogP contribution in [0.5, 0.6) is 0 Å². The molecule has 1 aliphatic rings. The van der Waals surface area contributed by atoms with E-state index in [0.717, 1.165) is 5.56 Å². The highest BCUT2D eigenvalue weighted by atomic mass is 35.5. The molecular formula is C13H19ClN2O3S. The predicted molar refractivity (Wildman–Crippen MR) is 79.0 cm³/mol. The van der Waals surface area contributed by atoms with E-state index in [9.17, 15) is 8.42 Å². The number of morpholine rings is 1. The van der Waals surface area contributed by atoms with E-state index in [-0.39, 0.29) is 5.88 Å². The van der Waals surface area contributed by atoms with Gasteiger partial charge in [0.2, 0.25) is 0 Å². The molecule has 1 atom stereocenters. The summed E-state index contributed by atoms with van der Waals surface area (Å²) in [7, 11) is -3.58. The molecule has 7 heteroatoms. The molecule has 1 heterocycles. The minimum absolute atomic E-state index is 0.153. The first-order valence-corrected chi connectivity index (χ1v) is 8.44. The highest BCUT2D eigenvalue weighted by molar-refractivity contribution is 7.87. The van der Waals surface area contributed by atoms with Crippen molar-refractivity contribution in [1.29, 1.82) is 0 Å². The fraction of sp³-hybridized carbons (Fsp3) is 0.538. The van der Waals surface area contributed by atoms with E-state index >= 15 is 0 Å². The lowest BCUT2D eigenvalue weighted by atomic mass is 9.96. The van der Waals surface area contributed by atoms with Crippen LogP contribution in [-0.2, 0) is 20.5 Å². The van der Waals surface area contributed by atoms with E-state index in [1.807, 2.05) is 30.3 Å². The van der Waals surface area contributed by atoms with Gasteiger partial charge in [-0.1, -0.05) is 30.3 Å². The number of nitrogens with zero attached hydrogens (tertiary/aromatic N) is 1. The number of rotatable bonds is 5. The Hall–Kier alpha value is -0.660. The van der Waals surface area contributed by atoms with Crippen LogP contribution in [0.1, 0.15) is 12.5 Å². The van der Waals surface area contributed by atoms with E-state index in [1.54, 1.807) is 6.92 Å². The van der Waals surface area contributed by atoms with Crippen molar-refractivity contribution < 1.29 is 13.2 Å². The molecule has 2 rings (SSSR count). The minimum atomic E-state index is -3.58. The summed E-state index contributed by atoms with van der Waals surface area (Å²) in [5.41, 5.74) is 0.00628. The highest BCUT2D eigenvalue weighted by Gasteiger charge is 2.34.